The van der Waals surface area contributed by atoms with Crippen LogP contribution in [-0.4, -0.2) is 0 Å². The highest BCUT2D eigenvalue weighted by atomic mass is 32.9. The predicted octanol–water partition coefficient (Wildman–Crippen LogP) is 9.15. The molecule has 0 saturated carbocycles. The molecular weight excluding hydrogens is 491 g/mol. The van der Waals surface area contributed by atoms with Crippen LogP contribution in [0.2, 0.25) is 0 Å². The number of phosphoric ester groups is 1. The van der Waals surface area contributed by atoms with Gasteiger partial charge in [0.2, 0.25) is 0 Å². The van der Waals surface area contributed by atoms with E-state index in [0.717, 1.165) is 20.5 Å². The highest BCUT2D eigenvalue weighted by Gasteiger charge is 2.35. The summed E-state index contributed by atoms with van der Waals surface area (Å²) in [6, 6.07) is 23.6. The van der Waals surface area contributed by atoms with E-state index in [4.69, 9.17) is 25.8 Å². The first-order chi connectivity index (χ1) is 15.7. The lowest BCUT2D eigenvalue weighted by molar-refractivity contribution is 0.296. The van der Waals surface area contributed by atoms with E-state index in [9.17, 15) is 4.57 Å². The van der Waals surface area contributed by atoms with E-state index < -0.39 is 7.82 Å². The average Bonchev–Trinajstić information content (AvgIpc) is 3.20. The number of rotatable bonds is 7. The summed E-state index contributed by atoms with van der Waals surface area (Å²) in [6.45, 7) is 6.20. The van der Waals surface area contributed by atoms with Crippen LogP contribution in [0.15, 0.2) is 84.2 Å². The standard InChI is InChI=1S/C25H23O4PS3/c1-25(2,3)22-11-7-8-12-23(22)29-30(26,27-19-9-5-4-6-10-19)28-20-15-13-18(14-16-20)21-17-32-33-24(21)31/h4-17H,1-3H3. The molecule has 8 heteroatoms. The second-order valence-corrected chi connectivity index (χ2v) is 12.5. The molecule has 1 atom stereocenters. The number of phosphoric acid groups is 1. The fourth-order valence-corrected chi connectivity index (χ4v) is 6.84. The highest BCUT2D eigenvalue weighted by Crippen LogP contribution is 2.51. The lowest BCUT2D eigenvalue weighted by Crippen LogP contribution is -2.15. The van der Waals surface area contributed by atoms with Gasteiger partial charge in [-0.05, 0) is 41.3 Å². The van der Waals surface area contributed by atoms with Crippen LogP contribution in [0, 0.1) is 3.82 Å². The zero-order valence-corrected chi connectivity index (χ0v) is 21.7. The van der Waals surface area contributed by atoms with E-state index in [-0.39, 0.29) is 5.41 Å². The third-order valence-corrected chi connectivity index (χ3v) is 8.71. The molecule has 4 nitrogen and oxygen atoms in total. The smallest absolute Gasteiger partial charge is 0.386 e. The van der Waals surface area contributed by atoms with Crippen LogP contribution in [0.3, 0.4) is 0 Å². The van der Waals surface area contributed by atoms with Crippen molar-refractivity contribution in [3.63, 3.8) is 0 Å². The van der Waals surface area contributed by atoms with Crippen molar-refractivity contribution in [2.24, 2.45) is 0 Å². The molecule has 0 aliphatic rings. The average molecular weight is 515 g/mol. The van der Waals surface area contributed by atoms with Gasteiger partial charge in [0.25, 0.3) is 0 Å². The van der Waals surface area contributed by atoms with E-state index in [1.807, 2.05) is 41.8 Å². The molecule has 170 valence electrons. The fraction of sp³-hybridized carbons (Fsp3) is 0.160. The zero-order chi connectivity index (χ0) is 23.5. The van der Waals surface area contributed by atoms with E-state index in [1.165, 1.54) is 0 Å². The van der Waals surface area contributed by atoms with Crippen LogP contribution < -0.4 is 13.6 Å². The molecule has 0 aliphatic carbocycles. The van der Waals surface area contributed by atoms with Gasteiger partial charge in [0.1, 0.15) is 21.1 Å². The maximum Gasteiger partial charge on any atom is 0.647 e. The van der Waals surface area contributed by atoms with E-state index in [1.54, 1.807) is 63.1 Å². The van der Waals surface area contributed by atoms with E-state index in [0.29, 0.717) is 17.2 Å². The van der Waals surface area contributed by atoms with Crippen molar-refractivity contribution < 1.29 is 18.1 Å². The van der Waals surface area contributed by atoms with Gasteiger partial charge in [-0.15, -0.1) is 0 Å². The van der Waals surface area contributed by atoms with Gasteiger partial charge in [-0.25, -0.2) is 0 Å². The Bertz CT molecular complexity index is 1320. The van der Waals surface area contributed by atoms with Gasteiger partial charge < -0.3 is 13.6 Å². The number of para-hydroxylation sites is 2. The third kappa shape index (κ3) is 5.92. The lowest BCUT2D eigenvalue weighted by Gasteiger charge is -2.25. The molecular formula is C25H23O4PS3. The molecule has 4 rings (SSSR count). The molecule has 0 radical (unpaired) electrons. The van der Waals surface area contributed by atoms with Crippen molar-refractivity contribution in [2.75, 3.05) is 0 Å². The summed E-state index contributed by atoms with van der Waals surface area (Å²) >= 11 is 5.39. The van der Waals surface area contributed by atoms with Crippen LogP contribution in [0.25, 0.3) is 11.1 Å². The molecule has 0 amide bonds. The monoisotopic (exact) mass is 514 g/mol. The molecule has 1 heterocycles. The van der Waals surface area contributed by atoms with E-state index >= 15 is 0 Å². The van der Waals surface area contributed by atoms with Crippen molar-refractivity contribution in [1.82, 2.24) is 0 Å². The Kier molecular flexibility index (Phi) is 7.05. The Labute approximate surface area is 206 Å². The maximum absolute atomic E-state index is 13.9. The first-order valence-electron chi connectivity index (χ1n) is 10.3. The molecule has 0 fully saturated rings. The summed E-state index contributed by atoms with van der Waals surface area (Å²) in [7, 11) is -0.920. The third-order valence-electron chi connectivity index (χ3n) is 4.76. The molecule has 0 aliphatic heterocycles. The fourth-order valence-electron chi connectivity index (χ4n) is 3.17. The Morgan fingerprint density at radius 3 is 2.00 bits per heavy atom. The first-order valence-corrected chi connectivity index (χ1v) is 14.3. The summed E-state index contributed by atoms with van der Waals surface area (Å²) < 4.78 is 32.4. The van der Waals surface area contributed by atoms with Gasteiger partial charge in [0.15, 0.2) is 0 Å². The second kappa shape index (κ2) is 9.82. The van der Waals surface area contributed by atoms with Crippen molar-refractivity contribution in [1.29, 1.82) is 0 Å². The van der Waals surface area contributed by atoms with Gasteiger partial charge in [-0.3, -0.25) is 0 Å². The number of benzene rings is 3. The minimum absolute atomic E-state index is 0.223. The Balaban J connectivity index is 1.66. The molecule has 0 bridgehead atoms. The van der Waals surface area contributed by atoms with Crippen LogP contribution in [0.5, 0.6) is 17.2 Å². The molecule has 0 saturated heterocycles. The van der Waals surface area contributed by atoms with Crippen LogP contribution in [-0.2, 0) is 9.98 Å². The van der Waals surface area contributed by atoms with Gasteiger partial charge in [0.05, 0.1) is 0 Å². The summed E-state index contributed by atoms with van der Waals surface area (Å²) in [5.74, 6) is 1.22. The summed E-state index contributed by atoms with van der Waals surface area (Å²) in [5, 5.41) is 2.03. The quantitative estimate of drug-likeness (QED) is 0.140. The Morgan fingerprint density at radius 2 is 1.39 bits per heavy atom. The number of hydrogen-bond acceptors (Lipinski definition) is 7. The summed E-state index contributed by atoms with van der Waals surface area (Å²) in [6.07, 6.45) is 0. The molecule has 0 N–H and O–H groups in total. The van der Waals surface area contributed by atoms with Crippen molar-refractivity contribution in [3.05, 3.63) is 93.6 Å². The number of hydrogen-bond donors (Lipinski definition) is 0. The molecule has 1 unspecified atom stereocenters. The van der Waals surface area contributed by atoms with Gasteiger partial charge in [0, 0.05) is 16.5 Å². The van der Waals surface area contributed by atoms with Crippen molar-refractivity contribution >= 4 is 40.7 Å². The normalized spacial score (nSPS) is 13.2. The molecule has 3 aromatic carbocycles. The highest BCUT2D eigenvalue weighted by molar-refractivity contribution is 7.79. The summed E-state index contributed by atoms with van der Waals surface area (Å²) in [4.78, 5) is 0. The first kappa shape index (κ1) is 23.7. The minimum Gasteiger partial charge on any atom is -0.386 e. The molecule has 33 heavy (non-hydrogen) atoms. The largest absolute Gasteiger partial charge is 0.647 e. The van der Waals surface area contributed by atoms with Crippen LogP contribution >= 0.6 is 40.7 Å². The molecule has 0 spiro atoms. The maximum atomic E-state index is 13.9. The minimum atomic E-state index is -4.08. The second-order valence-electron chi connectivity index (χ2n) is 8.30. The predicted molar refractivity (Wildman–Crippen MR) is 140 cm³/mol. The van der Waals surface area contributed by atoms with Crippen LogP contribution in [0.4, 0.5) is 0 Å². The Morgan fingerprint density at radius 1 is 0.788 bits per heavy atom. The van der Waals surface area contributed by atoms with Crippen LogP contribution in [0.1, 0.15) is 26.3 Å². The SMILES string of the molecule is CC(C)(C)c1ccccc1OP(=O)(Oc1ccccc1)Oc1ccc(-c2cssc2=S)cc1. The lowest BCUT2D eigenvalue weighted by atomic mass is 9.86. The van der Waals surface area contributed by atoms with Gasteiger partial charge in [-0.2, -0.15) is 4.57 Å². The topological polar surface area (TPSA) is 44.8 Å². The summed E-state index contributed by atoms with van der Waals surface area (Å²) in [5.41, 5.74) is 2.66. The van der Waals surface area contributed by atoms with Crippen molar-refractivity contribution in [3.8, 4) is 28.4 Å². The van der Waals surface area contributed by atoms with Crippen molar-refractivity contribution in [2.45, 2.75) is 26.2 Å². The molecule has 4 aromatic rings. The van der Waals surface area contributed by atoms with Gasteiger partial charge >= 0.3 is 7.82 Å². The Hall–Kier alpha value is -2.44. The zero-order valence-electron chi connectivity index (χ0n) is 18.4. The van der Waals surface area contributed by atoms with Gasteiger partial charge in [-0.1, -0.05) is 102 Å². The molecule has 1 aromatic heterocycles. The van der Waals surface area contributed by atoms with E-state index in [2.05, 4.69) is 20.8 Å².